The minimum atomic E-state index is 0.129. The summed E-state index contributed by atoms with van der Waals surface area (Å²) in [6.07, 6.45) is 1.12. The van der Waals surface area contributed by atoms with E-state index in [4.69, 9.17) is 9.47 Å². The fraction of sp³-hybridized carbons (Fsp3) is 0.333. The fourth-order valence-corrected chi connectivity index (χ4v) is 2.84. The molecule has 20 heavy (non-hydrogen) atoms. The van der Waals surface area contributed by atoms with Crippen LogP contribution in [0.5, 0.6) is 0 Å². The normalized spacial score (nSPS) is 22.6. The van der Waals surface area contributed by atoms with Crippen molar-refractivity contribution in [1.82, 2.24) is 0 Å². The Labute approximate surface area is 120 Å². The second-order valence-electron chi connectivity index (χ2n) is 5.38. The summed E-state index contributed by atoms with van der Waals surface area (Å²) in [5.74, 6) is 0.368. The van der Waals surface area contributed by atoms with E-state index in [9.17, 15) is 0 Å². The Morgan fingerprint density at radius 2 is 1.75 bits per heavy atom. The Morgan fingerprint density at radius 3 is 2.55 bits per heavy atom. The van der Waals surface area contributed by atoms with E-state index in [0.717, 1.165) is 13.0 Å². The molecule has 0 aliphatic carbocycles. The highest BCUT2D eigenvalue weighted by Crippen LogP contribution is 2.32. The number of ether oxygens (including phenoxy) is 2. The molecule has 0 aromatic heterocycles. The van der Waals surface area contributed by atoms with Crippen LogP contribution >= 0.6 is 0 Å². The molecule has 1 aliphatic rings. The van der Waals surface area contributed by atoms with E-state index in [-0.39, 0.29) is 6.10 Å². The third-order valence-corrected chi connectivity index (χ3v) is 3.96. The van der Waals surface area contributed by atoms with Crippen molar-refractivity contribution in [2.45, 2.75) is 19.4 Å². The van der Waals surface area contributed by atoms with E-state index < -0.39 is 0 Å². The van der Waals surface area contributed by atoms with Gasteiger partial charge in [-0.3, -0.25) is 0 Å². The number of hydrogen-bond acceptors (Lipinski definition) is 2. The Balaban J connectivity index is 1.81. The van der Waals surface area contributed by atoms with Gasteiger partial charge < -0.3 is 9.47 Å². The molecule has 104 valence electrons. The van der Waals surface area contributed by atoms with Gasteiger partial charge in [0, 0.05) is 5.92 Å². The highest BCUT2D eigenvalue weighted by Gasteiger charge is 2.28. The maximum atomic E-state index is 5.87. The van der Waals surface area contributed by atoms with Crippen molar-refractivity contribution in [3.63, 3.8) is 0 Å². The second kappa shape index (κ2) is 6.21. The van der Waals surface area contributed by atoms with Crippen molar-refractivity contribution in [2.75, 3.05) is 13.4 Å². The van der Waals surface area contributed by atoms with Gasteiger partial charge >= 0.3 is 0 Å². The monoisotopic (exact) mass is 268 g/mol. The average Bonchev–Trinajstić information content (AvgIpc) is 2.51. The van der Waals surface area contributed by atoms with E-state index in [2.05, 4.69) is 55.5 Å². The number of rotatable bonds is 3. The first kappa shape index (κ1) is 13.3. The van der Waals surface area contributed by atoms with Crippen molar-refractivity contribution in [3.8, 4) is 0 Å². The highest BCUT2D eigenvalue weighted by molar-refractivity contribution is 5.27. The summed E-state index contributed by atoms with van der Waals surface area (Å²) < 4.78 is 11.4. The topological polar surface area (TPSA) is 18.5 Å². The van der Waals surface area contributed by atoms with Crippen LogP contribution in [0.15, 0.2) is 54.6 Å². The molecule has 3 rings (SSSR count). The van der Waals surface area contributed by atoms with Crippen LogP contribution in [-0.2, 0) is 15.9 Å². The number of hydrogen-bond donors (Lipinski definition) is 0. The minimum Gasteiger partial charge on any atom is -0.355 e. The van der Waals surface area contributed by atoms with E-state index >= 15 is 0 Å². The van der Waals surface area contributed by atoms with Crippen molar-refractivity contribution in [2.24, 2.45) is 5.92 Å². The third-order valence-electron chi connectivity index (χ3n) is 3.96. The summed E-state index contributed by atoms with van der Waals surface area (Å²) in [4.78, 5) is 0. The van der Waals surface area contributed by atoms with Gasteiger partial charge in [-0.15, -0.1) is 0 Å². The van der Waals surface area contributed by atoms with Crippen LogP contribution in [-0.4, -0.2) is 13.4 Å². The first-order chi connectivity index (χ1) is 9.84. The molecule has 0 amide bonds. The molecule has 1 aliphatic heterocycles. The molecule has 2 heteroatoms. The van der Waals surface area contributed by atoms with Gasteiger partial charge in [0.1, 0.15) is 6.79 Å². The van der Waals surface area contributed by atoms with E-state index in [1.807, 2.05) is 6.07 Å². The van der Waals surface area contributed by atoms with Gasteiger partial charge in [-0.1, -0.05) is 54.6 Å². The SMILES string of the molecule is Cc1ccccc1C[C@@H]1COCO[C@H]1c1ccccc1. The molecule has 2 aromatic rings. The van der Waals surface area contributed by atoms with Crippen LogP contribution in [0.2, 0.25) is 0 Å². The van der Waals surface area contributed by atoms with Crippen LogP contribution in [0.4, 0.5) is 0 Å². The van der Waals surface area contributed by atoms with Crippen LogP contribution in [0.25, 0.3) is 0 Å². The van der Waals surface area contributed by atoms with Gasteiger partial charge in [0.05, 0.1) is 12.7 Å². The molecule has 2 aromatic carbocycles. The summed E-state index contributed by atoms with van der Waals surface area (Å²) in [7, 11) is 0. The summed E-state index contributed by atoms with van der Waals surface area (Å²) in [5.41, 5.74) is 3.96. The lowest BCUT2D eigenvalue weighted by Crippen LogP contribution is -2.29. The predicted molar refractivity (Wildman–Crippen MR) is 79.5 cm³/mol. The first-order valence-electron chi connectivity index (χ1n) is 7.13. The lowest BCUT2D eigenvalue weighted by atomic mass is 9.88. The quantitative estimate of drug-likeness (QED) is 0.840. The highest BCUT2D eigenvalue weighted by atomic mass is 16.7. The molecular formula is C18H20O2. The van der Waals surface area contributed by atoms with Gasteiger partial charge in [0.15, 0.2) is 0 Å². The van der Waals surface area contributed by atoms with E-state index in [1.165, 1.54) is 16.7 Å². The molecule has 2 nitrogen and oxygen atoms in total. The van der Waals surface area contributed by atoms with Crippen LogP contribution in [0.3, 0.4) is 0 Å². The Bertz CT molecular complexity index is 550. The first-order valence-corrected chi connectivity index (χ1v) is 7.13. The van der Waals surface area contributed by atoms with Crippen molar-refractivity contribution in [1.29, 1.82) is 0 Å². The molecule has 2 atom stereocenters. The maximum Gasteiger partial charge on any atom is 0.147 e. The standard InChI is InChI=1S/C18H20O2/c1-14-7-5-6-10-16(14)11-17-12-19-13-20-18(17)15-8-3-2-4-9-15/h2-10,17-18H,11-13H2,1H3/t17-,18+/m1/s1. The molecule has 0 spiro atoms. The lowest BCUT2D eigenvalue weighted by molar-refractivity contribution is -0.172. The van der Waals surface area contributed by atoms with Gasteiger partial charge in [-0.25, -0.2) is 0 Å². The van der Waals surface area contributed by atoms with E-state index in [0.29, 0.717) is 12.7 Å². The third kappa shape index (κ3) is 2.92. The molecule has 0 bridgehead atoms. The lowest BCUT2D eigenvalue weighted by Gasteiger charge is -2.32. The van der Waals surface area contributed by atoms with E-state index in [1.54, 1.807) is 0 Å². The van der Waals surface area contributed by atoms with Crippen LogP contribution in [0, 0.1) is 12.8 Å². The Kier molecular flexibility index (Phi) is 4.14. The van der Waals surface area contributed by atoms with Crippen molar-refractivity contribution < 1.29 is 9.47 Å². The fourth-order valence-electron chi connectivity index (χ4n) is 2.84. The second-order valence-corrected chi connectivity index (χ2v) is 5.38. The molecule has 0 N–H and O–H groups in total. The van der Waals surface area contributed by atoms with Gasteiger partial charge in [0.25, 0.3) is 0 Å². The predicted octanol–water partition coefficient (Wildman–Crippen LogP) is 3.90. The largest absolute Gasteiger partial charge is 0.355 e. The smallest absolute Gasteiger partial charge is 0.147 e. The summed E-state index contributed by atoms with van der Waals surface area (Å²) in [5, 5.41) is 0. The molecule has 0 unspecified atom stereocenters. The van der Waals surface area contributed by atoms with Crippen molar-refractivity contribution >= 4 is 0 Å². The Hall–Kier alpha value is -1.64. The molecule has 0 radical (unpaired) electrons. The summed E-state index contributed by atoms with van der Waals surface area (Å²) in [6, 6.07) is 19.0. The zero-order chi connectivity index (χ0) is 13.8. The van der Waals surface area contributed by atoms with Crippen LogP contribution in [0.1, 0.15) is 22.8 Å². The summed E-state index contributed by atoms with van der Waals surface area (Å²) >= 11 is 0. The molecule has 1 saturated heterocycles. The zero-order valence-corrected chi connectivity index (χ0v) is 11.8. The zero-order valence-electron chi connectivity index (χ0n) is 11.8. The molecule has 1 heterocycles. The average molecular weight is 268 g/mol. The molecule has 0 saturated carbocycles. The summed E-state index contributed by atoms with van der Waals surface area (Å²) in [6.45, 7) is 3.31. The maximum absolute atomic E-state index is 5.87. The van der Waals surface area contributed by atoms with Gasteiger partial charge in [-0.05, 0) is 30.0 Å². The van der Waals surface area contributed by atoms with Gasteiger partial charge in [0.2, 0.25) is 0 Å². The molecule has 1 fully saturated rings. The van der Waals surface area contributed by atoms with Crippen LogP contribution < -0.4 is 0 Å². The number of aryl methyl sites for hydroxylation is 1. The van der Waals surface area contributed by atoms with Gasteiger partial charge in [-0.2, -0.15) is 0 Å². The molecular weight excluding hydrogens is 248 g/mol. The van der Waals surface area contributed by atoms with Crippen molar-refractivity contribution in [3.05, 3.63) is 71.3 Å². The number of benzene rings is 2. The minimum absolute atomic E-state index is 0.129. The Morgan fingerprint density at radius 1 is 1.00 bits per heavy atom.